The third-order valence-electron chi connectivity index (χ3n) is 5.55. The highest BCUT2D eigenvalue weighted by Crippen LogP contribution is 2.34. The normalized spacial score (nSPS) is 14.5. The summed E-state index contributed by atoms with van der Waals surface area (Å²) in [4.78, 5) is 16.1. The Kier molecular flexibility index (Phi) is 8.82. The molecule has 0 aliphatic heterocycles. The van der Waals surface area contributed by atoms with Crippen molar-refractivity contribution in [3.8, 4) is 11.5 Å². The van der Waals surface area contributed by atoms with E-state index in [0.29, 0.717) is 6.54 Å². The summed E-state index contributed by atoms with van der Waals surface area (Å²) in [6.45, 7) is 2.10. The first kappa shape index (κ1) is 22.7. The number of nitrogens with zero attached hydrogens (tertiary/aromatic N) is 2. The fourth-order valence-corrected chi connectivity index (χ4v) is 3.83. The van der Waals surface area contributed by atoms with E-state index in [4.69, 9.17) is 9.47 Å². The Bertz CT molecular complexity index is 904. The van der Waals surface area contributed by atoms with Crippen LogP contribution >= 0.6 is 0 Å². The first-order valence-electron chi connectivity index (χ1n) is 11.1. The van der Waals surface area contributed by atoms with E-state index in [1.54, 1.807) is 30.9 Å². The summed E-state index contributed by atoms with van der Waals surface area (Å²) in [5.41, 5.74) is 1.10. The van der Waals surface area contributed by atoms with Crippen LogP contribution < -0.4 is 25.7 Å². The molecule has 7 heteroatoms. The maximum Gasteiger partial charge on any atom is 0.250 e. The van der Waals surface area contributed by atoms with Gasteiger partial charge < -0.3 is 24.7 Å². The quantitative estimate of drug-likeness (QED) is 0.346. The van der Waals surface area contributed by atoms with Crippen molar-refractivity contribution in [3.05, 3.63) is 58.5 Å². The molecule has 0 unspecified atom stereocenters. The van der Waals surface area contributed by atoms with Crippen molar-refractivity contribution in [2.75, 3.05) is 20.7 Å². The predicted molar refractivity (Wildman–Crippen MR) is 124 cm³/mol. The molecular weight excluding hydrogens is 392 g/mol. The Labute approximate surface area is 184 Å². The summed E-state index contributed by atoms with van der Waals surface area (Å²) >= 11 is 0. The molecule has 1 heterocycles. The van der Waals surface area contributed by atoms with Gasteiger partial charge in [-0.3, -0.25) is 9.79 Å². The van der Waals surface area contributed by atoms with Gasteiger partial charge in [0.05, 0.1) is 13.2 Å². The van der Waals surface area contributed by atoms with Crippen molar-refractivity contribution < 1.29 is 9.47 Å². The summed E-state index contributed by atoms with van der Waals surface area (Å²) in [5.74, 6) is 2.34. The van der Waals surface area contributed by atoms with Gasteiger partial charge in [0.2, 0.25) is 5.56 Å². The number of nitrogens with one attached hydrogen (secondary N) is 2. The second-order valence-electron chi connectivity index (χ2n) is 7.76. The SMILES string of the molecule is CN=C(NCCCCn1ccccc1=O)NCc1cccc(OC)c1OC1CCCC1. The van der Waals surface area contributed by atoms with Crippen molar-refractivity contribution in [3.63, 3.8) is 0 Å². The number of hydrogen-bond acceptors (Lipinski definition) is 4. The van der Waals surface area contributed by atoms with Crippen molar-refractivity contribution in [1.82, 2.24) is 15.2 Å². The van der Waals surface area contributed by atoms with E-state index in [2.05, 4.69) is 21.7 Å². The highest BCUT2D eigenvalue weighted by Gasteiger charge is 2.20. The van der Waals surface area contributed by atoms with Gasteiger partial charge in [0, 0.05) is 44.5 Å². The van der Waals surface area contributed by atoms with Crippen LogP contribution in [0.1, 0.15) is 44.1 Å². The third-order valence-corrected chi connectivity index (χ3v) is 5.55. The lowest BCUT2D eigenvalue weighted by atomic mass is 10.1. The Morgan fingerprint density at radius 1 is 1.13 bits per heavy atom. The molecule has 1 fully saturated rings. The molecule has 0 atom stereocenters. The molecule has 1 aromatic heterocycles. The largest absolute Gasteiger partial charge is 0.493 e. The van der Waals surface area contributed by atoms with Gasteiger partial charge in [0.1, 0.15) is 0 Å². The average Bonchev–Trinajstić information content (AvgIpc) is 3.30. The van der Waals surface area contributed by atoms with E-state index in [0.717, 1.165) is 61.8 Å². The molecule has 1 saturated carbocycles. The van der Waals surface area contributed by atoms with Gasteiger partial charge in [-0.25, -0.2) is 0 Å². The van der Waals surface area contributed by atoms with Crippen LogP contribution in [0.15, 0.2) is 52.4 Å². The fraction of sp³-hybridized carbons (Fsp3) is 0.500. The van der Waals surface area contributed by atoms with Gasteiger partial charge in [-0.1, -0.05) is 18.2 Å². The van der Waals surface area contributed by atoms with E-state index in [1.807, 2.05) is 24.4 Å². The summed E-state index contributed by atoms with van der Waals surface area (Å²) in [6.07, 6.45) is 8.61. The summed E-state index contributed by atoms with van der Waals surface area (Å²) in [5, 5.41) is 6.71. The van der Waals surface area contributed by atoms with Crippen molar-refractivity contribution in [1.29, 1.82) is 0 Å². The monoisotopic (exact) mass is 426 g/mol. The first-order valence-corrected chi connectivity index (χ1v) is 11.1. The molecule has 2 N–H and O–H groups in total. The lowest BCUT2D eigenvalue weighted by molar-refractivity contribution is 0.198. The predicted octanol–water partition coefficient (Wildman–Crippen LogP) is 3.32. The molecule has 0 spiro atoms. The first-order chi connectivity index (χ1) is 15.2. The molecule has 2 aromatic rings. The molecule has 0 bridgehead atoms. The molecule has 1 aliphatic rings. The number of guanidine groups is 1. The lowest BCUT2D eigenvalue weighted by Crippen LogP contribution is -2.37. The number of benzene rings is 1. The second-order valence-corrected chi connectivity index (χ2v) is 7.76. The van der Waals surface area contributed by atoms with Crippen LogP contribution in [0.4, 0.5) is 0 Å². The zero-order valence-electron chi connectivity index (χ0n) is 18.6. The van der Waals surface area contributed by atoms with Crippen LogP contribution in [0.25, 0.3) is 0 Å². The highest BCUT2D eigenvalue weighted by molar-refractivity contribution is 5.79. The minimum Gasteiger partial charge on any atom is -0.493 e. The number of methoxy groups -OCH3 is 1. The standard InChI is InChI=1S/C24H34N4O3/c1-25-24(26-15-6-8-17-28-16-7-5-14-22(28)29)27-18-19-10-9-13-21(30-2)23(19)31-20-11-3-4-12-20/h5,7,9-10,13-14,16,20H,3-4,6,8,11-12,15,17-18H2,1-2H3,(H2,25,26,27). The third kappa shape index (κ3) is 6.77. The van der Waals surface area contributed by atoms with Gasteiger partial charge >= 0.3 is 0 Å². The van der Waals surface area contributed by atoms with Crippen LogP contribution in [0.5, 0.6) is 11.5 Å². The summed E-state index contributed by atoms with van der Waals surface area (Å²) in [6, 6.07) is 11.2. The lowest BCUT2D eigenvalue weighted by Gasteiger charge is -2.20. The molecule has 0 amide bonds. The Balaban J connectivity index is 1.47. The number of aromatic nitrogens is 1. The highest BCUT2D eigenvalue weighted by atomic mass is 16.5. The van der Waals surface area contributed by atoms with Gasteiger partial charge in [0.25, 0.3) is 0 Å². The number of ether oxygens (including phenoxy) is 2. The Morgan fingerprint density at radius 2 is 1.97 bits per heavy atom. The number of aryl methyl sites for hydroxylation is 1. The maximum absolute atomic E-state index is 11.7. The number of unbranched alkanes of at least 4 members (excludes halogenated alkanes) is 1. The molecule has 1 aliphatic carbocycles. The van der Waals surface area contributed by atoms with Gasteiger partial charge in [-0.15, -0.1) is 0 Å². The number of para-hydroxylation sites is 1. The minimum atomic E-state index is 0.0434. The van der Waals surface area contributed by atoms with E-state index >= 15 is 0 Å². The number of aliphatic imine (C=N–C) groups is 1. The zero-order valence-corrected chi connectivity index (χ0v) is 18.6. The summed E-state index contributed by atoms with van der Waals surface area (Å²) < 4.78 is 13.6. The maximum atomic E-state index is 11.7. The van der Waals surface area contributed by atoms with E-state index in [-0.39, 0.29) is 11.7 Å². The van der Waals surface area contributed by atoms with Crippen LogP contribution in [-0.4, -0.2) is 37.3 Å². The van der Waals surface area contributed by atoms with Crippen LogP contribution in [0.3, 0.4) is 0 Å². The van der Waals surface area contributed by atoms with Crippen LogP contribution in [-0.2, 0) is 13.1 Å². The van der Waals surface area contributed by atoms with Crippen molar-refractivity contribution in [2.45, 2.75) is 57.7 Å². The molecule has 31 heavy (non-hydrogen) atoms. The fourth-order valence-electron chi connectivity index (χ4n) is 3.83. The molecule has 168 valence electrons. The summed E-state index contributed by atoms with van der Waals surface area (Å²) in [7, 11) is 3.44. The smallest absolute Gasteiger partial charge is 0.250 e. The molecule has 0 radical (unpaired) electrons. The van der Waals surface area contributed by atoms with Crippen molar-refractivity contribution in [2.24, 2.45) is 4.99 Å². The number of hydrogen-bond donors (Lipinski definition) is 2. The molecule has 1 aromatic carbocycles. The molecule has 3 rings (SSSR count). The Hall–Kier alpha value is -2.96. The zero-order chi connectivity index (χ0) is 21.9. The van der Waals surface area contributed by atoms with Crippen molar-refractivity contribution >= 4 is 5.96 Å². The minimum absolute atomic E-state index is 0.0434. The van der Waals surface area contributed by atoms with Crippen LogP contribution in [0.2, 0.25) is 0 Å². The van der Waals surface area contributed by atoms with E-state index < -0.39 is 0 Å². The molecule has 0 saturated heterocycles. The van der Waals surface area contributed by atoms with E-state index in [9.17, 15) is 4.79 Å². The number of rotatable bonds is 10. The molecular formula is C24H34N4O3. The van der Waals surface area contributed by atoms with Gasteiger partial charge in [0.15, 0.2) is 17.5 Å². The molecule has 7 nitrogen and oxygen atoms in total. The van der Waals surface area contributed by atoms with Gasteiger partial charge in [-0.05, 0) is 50.7 Å². The van der Waals surface area contributed by atoms with E-state index in [1.165, 1.54) is 12.8 Å². The average molecular weight is 427 g/mol. The van der Waals surface area contributed by atoms with Crippen LogP contribution in [0, 0.1) is 0 Å². The van der Waals surface area contributed by atoms with Gasteiger partial charge in [-0.2, -0.15) is 0 Å². The topological polar surface area (TPSA) is 76.9 Å². The second kappa shape index (κ2) is 12.0. The number of pyridine rings is 1. The Morgan fingerprint density at radius 3 is 2.71 bits per heavy atom.